The van der Waals surface area contributed by atoms with E-state index in [2.05, 4.69) is 20.9 Å². The summed E-state index contributed by atoms with van der Waals surface area (Å²) in [7, 11) is 1.28. The van der Waals surface area contributed by atoms with Gasteiger partial charge in [-0.2, -0.15) is 0 Å². The Bertz CT molecular complexity index is 1490. The van der Waals surface area contributed by atoms with Crippen molar-refractivity contribution in [2.75, 3.05) is 20.3 Å². The number of ether oxygens (including phenoxy) is 3. The van der Waals surface area contributed by atoms with Gasteiger partial charge >= 0.3 is 5.97 Å². The van der Waals surface area contributed by atoms with Crippen LogP contribution in [0.1, 0.15) is 31.0 Å². The minimum Gasteiger partial charge on any atom is -0.507 e. The number of thiazole rings is 1. The molecule has 10 heteroatoms. The summed E-state index contributed by atoms with van der Waals surface area (Å²) in [6.45, 7) is 4.62. The molecule has 1 aliphatic rings. The molecule has 0 bridgehead atoms. The minimum absolute atomic E-state index is 0.0405. The summed E-state index contributed by atoms with van der Waals surface area (Å²) in [6, 6.07) is 9.49. The monoisotopic (exact) mass is 558 g/mol. The second-order valence-corrected chi connectivity index (χ2v) is 9.38. The average Bonchev–Trinajstić information content (AvgIpc) is 3.17. The first-order chi connectivity index (χ1) is 16.9. The van der Waals surface area contributed by atoms with Gasteiger partial charge in [0.25, 0.3) is 5.56 Å². The number of aromatic hydroxyl groups is 1. The highest BCUT2D eigenvalue weighted by atomic mass is 79.9. The van der Waals surface area contributed by atoms with Crippen LogP contribution < -0.4 is 24.4 Å². The van der Waals surface area contributed by atoms with Crippen LogP contribution >= 0.6 is 27.3 Å². The summed E-state index contributed by atoms with van der Waals surface area (Å²) < 4.78 is 19.0. The van der Waals surface area contributed by atoms with E-state index in [1.54, 1.807) is 42.5 Å². The van der Waals surface area contributed by atoms with Gasteiger partial charge in [-0.25, -0.2) is 9.79 Å². The molecule has 0 saturated heterocycles. The largest absolute Gasteiger partial charge is 0.507 e. The van der Waals surface area contributed by atoms with Gasteiger partial charge < -0.3 is 19.3 Å². The standard InChI is InChI=1S/C25H23BrN2O6S/c1-4-33-19-9-6-14(11-20(19)34-5-2)22-17(24(31)32-3)13-27-25-28(22)23(30)21(35-25)12-15-10-16(26)7-8-18(15)29/h6-13,22,29H,4-5H2,1-3H3/b21-12+/t22-/m1/s1. The molecular weight excluding hydrogens is 536 g/mol. The lowest BCUT2D eigenvalue weighted by Gasteiger charge is -2.23. The second kappa shape index (κ2) is 10.5. The van der Waals surface area contributed by atoms with Gasteiger partial charge in [-0.15, -0.1) is 0 Å². The number of phenols is 1. The van der Waals surface area contributed by atoms with E-state index in [1.165, 1.54) is 29.2 Å². The number of benzene rings is 2. The Morgan fingerprint density at radius 1 is 1.17 bits per heavy atom. The molecule has 8 nitrogen and oxygen atoms in total. The zero-order chi connectivity index (χ0) is 25.1. The molecule has 0 saturated carbocycles. The second-order valence-electron chi connectivity index (χ2n) is 7.45. The molecule has 2 heterocycles. The highest BCUT2D eigenvalue weighted by molar-refractivity contribution is 9.10. The third kappa shape index (κ3) is 4.89. The van der Waals surface area contributed by atoms with Gasteiger partial charge in [0, 0.05) is 16.2 Å². The minimum atomic E-state index is -0.785. The van der Waals surface area contributed by atoms with E-state index in [0.717, 1.165) is 4.47 Å². The number of hydrogen-bond acceptors (Lipinski definition) is 8. The number of hydrogen-bond donors (Lipinski definition) is 1. The molecule has 1 aromatic heterocycles. The first-order valence-corrected chi connectivity index (χ1v) is 12.5. The van der Waals surface area contributed by atoms with Crippen molar-refractivity contribution in [3.63, 3.8) is 0 Å². The molecule has 182 valence electrons. The fourth-order valence-corrected chi connectivity index (χ4v) is 5.11. The van der Waals surface area contributed by atoms with Gasteiger partial charge in [-0.05, 0) is 55.8 Å². The number of esters is 1. The van der Waals surface area contributed by atoms with Crippen molar-refractivity contribution in [1.29, 1.82) is 0 Å². The van der Waals surface area contributed by atoms with E-state index < -0.39 is 12.0 Å². The summed E-state index contributed by atoms with van der Waals surface area (Å²) in [4.78, 5) is 31.0. The summed E-state index contributed by atoms with van der Waals surface area (Å²) in [5.74, 6) is 0.525. The Morgan fingerprint density at radius 2 is 1.91 bits per heavy atom. The van der Waals surface area contributed by atoms with Gasteiger partial charge in [0.1, 0.15) is 5.75 Å². The molecule has 0 fully saturated rings. The van der Waals surface area contributed by atoms with E-state index in [1.807, 2.05) is 13.8 Å². The Kier molecular flexibility index (Phi) is 7.42. The molecule has 1 N–H and O–H groups in total. The highest BCUT2D eigenvalue weighted by Gasteiger charge is 2.31. The molecule has 1 aliphatic heterocycles. The number of rotatable bonds is 7. The number of carbonyl (C=O) groups excluding carboxylic acids is 1. The molecule has 0 amide bonds. The molecular formula is C25H23BrN2O6S. The molecule has 4 rings (SSSR count). The van der Waals surface area contributed by atoms with Crippen LogP contribution in [0.15, 0.2) is 62.4 Å². The quantitative estimate of drug-likeness (QED) is 0.447. The maximum absolute atomic E-state index is 13.6. The topological polar surface area (TPSA) is 99.4 Å². The maximum Gasteiger partial charge on any atom is 0.337 e. The van der Waals surface area contributed by atoms with Crippen LogP contribution in [0.4, 0.5) is 0 Å². The van der Waals surface area contributed by atoms with Gasteiger partial charge in [0.05, 0.1) is 36.5 Å². The van der Waals surface area contributed by atoms with Crippen molar-refractivity contribution in [3.8, 4) is 17.2 Å². The lowest BCUT2D eigenvalue weighted by atomic mass is 9.97. The first kappa shape index (κ1) is 24.7. The molecule has 0 aliphatic carbocycles. The zero-order valence-electron chi connectivity index (χ0n) is 19.3. The smallest absolute Gasteiger partial charge is 0.337 e. The van der Waals surface area contributed by atoms with Crippen LogP contribution in [0.2, 0.25) is 0 Å². The van der Waals surface area contributed by atoms with Crippen LogP contribution in [0.25, 0.3) is 6.08 Å². The Morgan fingerprint density at radius 3 is 2.63 bits per heavy atom. The van der Waals surface area contributed by atoms with E-state index in [9.17, 15) is 14.7 Å². The lowest BCUT2D eigenvalue weighted by Crippen LogP contribution is -2.39. The predicted octanol–water partition coefficient (Wildman–Crippen LogP) is 3.28. The van der Waals surface area contributed by atoms with E-state index in [4.69, 9.17) is 14.2 Å². The summed E-state index contributed by atoms with van der Waals surface area (Å²) in [6.07, 6.45) is 3.03. The molecule has 1 atom stereocenters. The molecule has 35 heavy (non-hydrogen) atoms. The van der Waals surface area contributed by atoms with Crippen LogP contribution in [-0.4, -0.2) is 36.0 Å². The number of aromatic nitrogens is 1. The fraction of sp³-hybridized carbons (Fsp3) is 0.240. The van der Waals surface area contributed by atoms with Crippen molar-refractivity contribution < 1.29 is 24.1 Å². The Hall–Kier alpha value is -3.37. The number of fused-ring (bicyclic) bond motifs is 1. The summed E-state index contributed by atoms with van der Waals surface area (Å²) in [5, 5.41) is 10.2. The molecule has 0 spiro atoms. The van der Waals surface area contributed by atoms with Crippen molar-refractivity contribution in [2.45, 2.75) is 19.9 Å². The van der Waals surface area contributed by atoms with Crippen LogP contribution in [-0.2, 0) is 9.53 Å². The van der Waals surface area contributed by atoms with Crippen molar-refractivity contribution in [3.05, 3.63) is 83.5 Å². The van der Waals surface area contributed by atoms with Crippen LogP contribution in [0.3, 0.4) is 0 Å². The lowest BCUT2D eigenvalue weighted by molar-refractivity contribution is -0.136. The first-order valence-electron chi connectivity index (χ1n) is 10.8. The van der Waals surface area contributed by atoms with Crippen molar-refractivity contribution >= 4 is 39.3 Å². The SMILES string of the molecule is CCOc1ccc([C@@H]2C(C(=O)OC)=CN=c3s/c(=C/c4cc(Br)ccc4O)c(=O)n32)cc1OCC. The van der Waals surface area contributed by atoms with Crippen molar-refractivity contribution in [1.82, 2.24) is 4.57 Å². The normalized spacial score (nSPS) is 15.1. The highest BCUT2D eigenvalue weighted by Crippen LogP contribution is 2.35. The number of halogens is 1. The van der Waals surface area contributed by atoms with E-state index >= 15 is 0 Å². The van der Waals surface area contributed by atoms with Gasteiger partial charge in [0.15, 0.2) is 16.3 Å². The zero-order valence-corrected chi connectivity index (χ0v) is 21.7. The third-order valence-electron chi connectivity index (χ3n) is 5.28. The Labute approximate surface area is 213 Å². The number of carbonyl (C=O) groups is 1. The predicted molar refractivity (Wildman–Crippen MR) is 136 cm³/mol. The van der Waals surface area contributed by atoms with Gasteiger partial charge in [-0.3, -0.25) is 9.36 Å². The number of nitrogens with zero attached hydrogens (tertiary/aromatic N) is 2. The maximum atomic E-state index is 13.6. The summed E-state index contributed by atoms with van der Waals surface area (Å²) >= 11 is 4.55. The third-order valence-corrected chi connectivity index (χ3v) is 6.77. The van der Waals surface area contributed by atoms with Crippen LogP contribution in [0.5, 0.6) is 17.2 Å². The molecule has 0 unspecified atom stereocenters. The molecule has 0 radical (unpaired) electrons. The number of methoxy groups -OCH3 is 1. The summed E-state index contributed by atoms with van der Waals surface area (Å²) in [5.41, 5.74) is 0.984. The van der Waals surface area contributed by atoms with Crippen molar-refractivity contribution in [2.24, 2.45) is 4.99 Å². The Balaban J connectivity index is 1.93. The van der Waals surface area contributed by atoms with Gasteiger partial charge in [0.2, 0.25) is 0 Å². The fourth-order valence-electron chi connectivity index (χ4n) is 3.77. The molecule has 2 aromatic carbocycles. The van der Waals surface area contributed by atoms with Crippen LogP contribution in [0, 0.1) is 0 Å². The van der Waals surface area contributed by atoms with E-state index in [0.29, 0.717) is 45.2 Å². The average molecular weight is 559 g/mol. The molecule has 3 aromatic rings. The van der Waals surface area contributed by atoms with Gasteiger partial charge in [-0.1, -0.05) is 33.3 Å². The van der Waals surface area contributed by atoms with E-state index in [-0.39, 0.29) is 16.9 Å². The number of phenolic OH excluding ortho intramolecular Hbond substituents is 1.